The first-order valence-electron chi connectivity index (χ1n) is 7.36. The molecule has 1 aliphatic rings. The molecule has 0 amide bonds. The van der Waals surface area contributed by atoms with E-state index in [4.69, 9.17) is 0 Å². The van der Waals surface area contributed by atoms with E-state index in [2.05, 4.69) is 20.0 Å². The topological polar surface area (TPSA) is 89.8 Å². The minimum Gasteiger partial charge on any atom is -0.264 e. The molecule has 2 aromatic heterocycles. The van der Waals surface area contributed by atoms with Crippen molar-refractivity contribution in [2.24, 2.45) is 0 Å². The number of nitrogens with zero attached hydrogens (tertiary/aromatic N) is 4. The second-order valence-corrected chi connectivity index (χ2v) is 7.64. The lowest BCUT2D eigenvalue weighted by atomic mass is 10.1. The lowest BCUT2D eigenvalue weighted by Crippen LogP contribution is -2.26. The molecule has 4 rings (SSSR count). The van der Waals surface area contributed by atoms with Gasteiger partial charge < -0.3 is 0 Å². The quantitative estimate of drug-likeness (QED) is 0.764. The number of benzene rings is 1. The standard InChI is InChI=1S/C15H15N5O2S/c21-23(22,13-4-5-13)17-9-12-10-20(19-18-12)15-3-1-2-11-8-16-7-6-14(11)15/h1-3,6-8,10,13,17H,4-5,9H2. The Morgan fingerprint density at radius 2 is 2.13 bits per heavy atom. The molecule has 1 aliphatic carbocycles. The summed E-state index contributed by atoms with van der Waals surface area (Å²) in [6.07, 6.45) is 6.75. The molecule has 0 aliphatic heterocycles. The second-order valence-electron chi connectivity index (χ2n) is 5.59. The van der Waals surface area contributed by atoms with Gasteiger partial charge in [-0.3, -0.25) is 4.98 Å². The van der Waals surface area contributed by atoms with Gasteiger partial charge in [-0.2, -0.15) is 0 Å². The molecule has 3 aromatic rings. The third-order valence-corrected chi connectivity index (χ3v) is 5.76. The van der Waals surface area contributed by atoms with Crippen molar-refractivity contribution in [3.63, 3.8) is 0 Å². The number of fused-ring (bicyclic) bond motifs is 1. The fraction of sp³-hybridized carbons (Fsp3) is 0.267. The normalized spacial score (nSPS) is 15.1. The Labute approximate surface area is 133 Å². The maximum Gasteiger partial charge on any atom is 0.214 e. The van der Waals surface area contributed by atoms with Gasteiger partial charge in [-0.15, -0.1) is 5.10 Å². The van der Waals surface area contributed by atoms with Gasteiger partial charge in [0.2, 0.25) is 10.0 Å². The molecule has 1 aromatic carbocycles. The maximum absolute atomic E-state index is 11.8. The average molecular weight is 329 g/mol. The first-order valence-corrected chi connectivity index (χ1v) is 8.91. The summed E-state index contributed by atoms with van der Waals surface area (Å²) < 4.78 is 27.9. The van der Waals surface area contributed by atoms with E-state index in [0.717, 1.165) is 29.3 Å². The lowest BCUT2D eigenvalue weighted by Gasteiger charge is -2.05. The smallest absolute Gasteiger partial charge is 0.214 e. The van der Waals surface area contributed by atoms with Crippen molar-refractivity contribution in [2.45, 2.75) is 24.6 Å². The van der Waals surface area contributed by atoms with Crippen molar-refractivity contribution in [3.05, 3.63) is 48.5 Å². The maximum atomic E-state index is 11.8. The molecule has 8 heteroatoms. The molecular weight excluding hydrogens is 314 g/mol. The summed E-state index contributed by atoms with van der Waals surface area (Å²) in [5.74, 6) is 0. The van der Waals surface area contributed by atoms with Gasteiger partial charge in [-0.05, 0) is 25.0 Å². The highest BCUT2D eigenvalue weighted by atomic mass is 32.2. The van der Waals surface area contributed by atoms with Crippen LogP contribution in [-0.4, -0.2) is 33.6 Å². The Kier molecular flexibility index (Phi) is 3.35. The summed E-state index contributed by atoms with van der Waals surface area (Å²) >= 11 is 0. The van der Waals surface area contributed by atoms with Crippen LogP contribution in [0.2, 0.25) is 0 Å². The molecule has 118 valence electrons. The third-order valence-electron chi connectivity index (χ3n) is 3.86. The zero-order chi connectivity index (χ0) is 15.9. The highest BCUT2D eigenvalue weighted by Crippen LogP contribution is 2.27. The molecule has 1 saturated carbocycles. The molecule has 0 bridgehead atoms. The molecule has 1 fully saturated rings. The molecule has 2 heterocycles. The van der Waals surface area contributed by atoms with Gasteiger partial charge in [-0.25, -0.2) is 17.8 Å². The lowest BCUT2D eigenvalue weighted by molar-refractivity contribution is 0.579. The Morgan fingerprint density at radius 3 is 2.96 bits per heavy atom. The van der Waals surface area contributed by atoms with Gasteiger partial charge in [0.25, 0.3) is 0 Å². The molecule has 0 saturated heterocycles. The van der Waals surface area contributed by atoms with E-state index < -0.39 is 10.0 Å². The van der Waals surface area contributed by atoms with Gasteiger partial charge in [0, 0.05) is 23.2 Å². The first-order chi connectivity index (χ1) is 11.1. The fourth-order valence-electron chi connectivity index (χ4n) is 2.47. The highest BCUT2D eigenvalue weighted by molar-refractivity contribution is 7.90. The Bertz CT molecular complexity index is 957. The third kappa shape index (κ3) is 2.82. The summed E-state index contributed by atoms with van der Waals surface area (Å²) in [5.41, 5.74) is 1.47. The van der Waals surface area contributed by atoms with Crippen LogP contribution in [0, 0.1) is 0 Å². The minimum absolute atomic E-state index is 0.158. The summed E-state index contributed by atoms with van der Waals surface area (Å²) in [4.78, 5) is 4.11. The Morgan fingerprint density at radius 1 is 1.26 bits per heavy atom. The van der Waals surface area contributed by atoms with Crippen molar-refractivity contribution in [2.75, 3.05) is 0 Å². The number of aromatic nitrogens is 4. The summed E-state index contributed by atoms with van der Waals surface area (Å²) in [7, 11) is -3.21. The zero-order valence-electron chi connectivity index (χ0n) is 12.3. The van der Waals surface area contributed by atoms with Crippen LogP contribution in [0.5, 0.6) is 0 Å². The summed E-state index contributed by atoms with van der Waals surface area (Å²) in [6.45, 7) is 0.158. The minimum atomic E-state index is -3.21. The van der Waals surface area contributed by atoms with Crippen LogP contribution in [-0.2, 0) is 16.6 Å². The van der Waals surface area contributed by atoms with E-state index >= 15 is 0 Å². The van der Waals surface area contributed by atoms with Crippen LogP contribution in [0.3, 0.4) is 0 Å². The van der Waals surface area contributed by atoms with Crippen molar-refractivity contribution in [1.82, 2.24) is 24.7 Å². The number of hydrogen-bond donors (Lipinski definition) is 1. The molecule has 0 spiro atoms. The molecule has 23 heavy (non-hydrogen) atoms. The van der Waals surface area contributed by atoms with E-state index in [1.54, 1.807) is 23.3 Å². The molecule has 1 N–H and O–H groups in total. The van der Waals surface area contributed by atoms with Gasteiger partial charge in [0.1, 0.15) is 0 Å². The van der Waals surface area contributed by atoms with Crippen molar-refractivity contribution < 1.29 is 8.42 Å². The predicted molar refractivity (Wildman–Crippen MR) is 85.4 cm³/mol. The van der Waals surface area contributed by atoms with E-state index in [1.165, 1.54) is 0 Å². The molecule has 0 radical (unpaired) electrons. The Hall–Kier alpha value is -2.32. The number of pyridine rings is 1. The van der Waals surface area contributed by atoms with Crippen LogP contribution < -0.4 is 4.72 Å². The van der Waals surface area contributed by atoms with E-state index in [1.807, 2.05) is 24.3 Å². The van der Waals surface area contributed by atoms with E-state index in [9.17, 15) is 8.42 Å². The molecule has 7 nitrogen and oxygen atoms in total. The first kappa shape index (κ1) is 14.3. The average Bonchev–Trinajstić information content (AvgIpc) is 3.33. The number of sulfonamides is 1. The monoisotopic (exact) mass is 329 g/mol. The largest absolute Gasteiger partial charge is 0.264 e. The molecule has 0 atom stereocenters. The van der Waals surface area contributed by atoms with Gasteiger partial charge in [-0.1, -0.05) is 17.3 Å². The van der Waals surface area contributed by atoms with E-state index in [-0.39, 0.29) is 11.8 Å². The summed E-state index contributed by atoms with van der Waals surface area (Å²) in [5, 5.41) is 9.95. The Balaban J connectivity index is 1.60. The van der Waals surface area contributed by atoms with Crippen molar-refractivity contribution in [3.8, 4) is 5.69 Å². The number of nitrogens with one attached hydrogen (secondary N) is 1. The van der Waals surface area contributed by atoms with Crippen LogP contribution in [0.4, 0.5) is 0 Å². The SMILES string of the molecule is O=S(=O)(NCc1cn(-c2cccc3cnccc23)nn1)C1CC1. The summed E-state index contributed by atoms with van der Waals surface area (Å²) in [6, 6.07) is 7.76. The zero-order valence-corrected chi connectivity index (χ0v) is 13.1. The van der Waals surface area contributed by atoms with Gasteiger partial charge >= 0.3 is 0 Å². The van der Waals surface area contributed by atoms with Gasteiger partial charge in [0.05, 0.1) is 29.4 Å². The van der Waals surface area contributed by atoms with Crippen molar-refractivity contribution in [1.29, 1.82) is 0 Å². The second kappa shape index (κ2) is 5.39. The molecule has 0 unspecified atom stereocenters. The van der Waals surface area contributed by atoms with Crippen LogP contribution in [0.25, 0.3) is 16.5 Å². The molecular formula is C15H15N5O2S. The highest BCUT2D eigenvalue weighted by Gasteiger charge is 2.35. The fourth-order valence-corrected chi connectivity index (χ4v) is 3.81. The van der Waals surface area contributed by atoms with E-state index in [0.29, 0.717) is 5.69 Å². The van der Waals surface area contributed by atoms with Gasteiger partial charge in [0.15, 0.2) is 0 Å². The van der Waals surface area contributed by atoms with Crippen LogP contribution in [0.15, 0.2) is 42.9 Å². The number of hydrogen-bond acceptors (Lipinski definition) is 5. The van der Waals surface area contributed by atoms with Crippen molar-refractivity contribution >= 4 is 20.8 Å². The number of rotatable bonds is 5. The predicted octanol–water partition coefficient (Wildman–Crippen LogP) is 1.40. The van der Waals surface area contributed by atoms with Crippen LogP contribution >= 0.6 is 0 Å². The van der Waals surface area contributed by atoms with Crippen LogP contribution in [0.1, 0.15) is 18.5 Å².